The van der Waals surface area contributed by atoms with E-state index in [4.69, 9.17) is 16.3 Å². The van der Waals surface area contributed by atoms with Gasteiger partial charge in [-0.3, -0.25) is 9.78 Å². The fourth-order valence-corrected chi connectivity index (χ4v) is 2.36. The summed E-state index contributed by atoms with van der Waals surface area (Å²) in [5.74, 6) is -0.575. The van der Waals surface area contributed by atoms with Gasteiger partial charge in [0.25, 0.3) is 5.91 Å². The Balaban J connectivity index is 2.08. The molecule has 1 heterocycles. The molecular formula is C17H17ClF3N3O2. The number of nitrogens with one attached hydrogen (secondary N) is 2. The third-order valence-corrected chi connectivity index (χ3v) is 3.71. The van der Waals surface area contributed by atoms with E-state index in [1.54, 1.807) is 19.4 Å². The van der Waals surface area contributed by atoms with Crippen LogP contribution in [-0.2, 0) is 10.9 Å². The Kier molecular flexibility index (Phi) is 6.82. The molecule has 0 spiro atoms. The second-order valence-electron chi connectivity index (χ2n) is 5.38. The molecule has 0 aliphatic heterocycles. The van der Waals surface area contributed by atoms with Crippen LogP contribution >= 0.6 is 11.6 Å². The number of hydrogen-bond donors (Lipinski definition) is 2. The second kappa shape index (κ2) is 8.86. The summed E-state index contributed by atoms with van der Waals surface area (Å²) in [7, 11) is 1.60. The fraction of sp³-hybridized carbons (Fsp3) is 0.294. The molecule has 0 saturated carbocycles. The fourth-order valence-electron chi connectivity index (χ4n) is 2.13. The van der Waals surface area contributed by atoms with E-state index in [0.29, 0.717) is 18.8 Å². The Morgan fingerprint density at radius 1 is 1.23 bits per heavy atom. The van der Waals surface area contributed by atoms with Crippen LogP contribution in [0.5, 0.6) is 0 Å². The molecular weight excluding hydrogens is 371 g/mol. The molecule has 2 rings (SSSR count). The number of rotatable bonds is 7. The van der Waals surface area contributed by atoms with Crippen molar-refractivity contribution in [2.24, 2.45) is 0 Å². The minimum Gasteiger partial charge on any atom is -0.385 e. The van der Waals surface area contributed by atoms with Crippen LogP contribution in [0, 0.1) is 0 Å². The average molecular weight is 388 g/mol. The third kappa shape index (κ3) is 5.60. The van der Waals surface area contributed by atoms with Gasteiger partial charge in [-0.25, -0.2) is 0 Å². The van der Waals surface area contributed by atoms with Gasteiger partial charge >= 0.3 is 6.18 Å². The van der Waals surface area contributed by atoms with Gasteiger partial charge in [-0.2, -0.15) is 13.2 Å². The molecule has 0 radical (unpaired) electrons. The third-order valence-electron chi connectivity index (χ3n) is 3.38. The Morgan fingerprint density at radius 3 is 2.69 bits per heavy atom. The van der Waals surface area contributed by atoms with E-state index >= 15 is 0 Å². The number of ether oxygens (including phenoxy) is 1. The quantitative estimate of drug-likeness (QED) is 0.689. The minimum absolute atomic E-state index is 0.00909. The smallest absolute Gasteiger partial charge is 0.385 e. The van der Waals surface area contributed by atoms with Gasteiger partial charge in [0, 0.05) is 38.3 Å². The Hall–Kier alpha value is -2.32. The number of anilines is 2. The summed E-state index contributed by atoms with van der Waals surface area (Å²) in [5.41, 5.74) is -0.181. The first-order valence-corrected chi connectivity index (χ1v) is 8.05. The molecule has 5 nitrogen and oxygen atoms in total. The number of pyridine rings is 1. The largest absolute Gasteiger partial charge is 0.417 e. The number of benzene rings is 1. The highest BCUT2D eigenvalue weighted by molar-refractivity contribution is 6.31. The zero-order chi connectivity index (χ0) is 19.2. The molecule has 26 heavy (non-hydrogen) atoms. The number of nitrogens with zero attached hydrogens (tertiary/aromatic N) is 1. The average Bonchev–Trinajstić information content (AvgIpc) is 2.59. The monoisotopic (exact) mass is 387 g/mol. The van der Waals surface area contributed by atoms with Gasteiger partial charge in [0.2, 0.25) is 0 Å². The Morgan fingerprint density at radius 2 is 2.00 bits per heavy atom. The zero-order valence-corrected chi connectivity index (χ0v) is 14.6. The maximum atomic E-state index is 12.9. The Labute approximate surface area is 153 Å². The maximum Gasteiger partial charge on any atom is 0.417 e. The van der Waals surface area contributed by atoms with Gasteiger partial charge in [-0.15, -0.1) is 0 Å². The van der Waals surface area contributed by atoms with Gasteiger partial charge in [0.15, 0.2) is 0 Å². The first kappa shape index (κ1) is 20.0. The van der Waals surface area contributed by atoms with E-state index in [1.165, 1.54) is 12.3 Å². The summed E-state index contributed by atoms with van der Waals surface area (Å²) >= 11 is 5.57. The molecule has 0 fully saturated rings. The van der Waals surface area contributed by atoms with E-state index < -0.39 is 22.7 Å². The van der Waals surface area contributed by atoms with E-state index in [-0.39, 0.29) is 11.3 Å². The zero-order valence-electron chi connectivity index (χ0n) is 13.9. The first-order valence-electron chi connectivity index (χ1n) is 7.67. The molecule has 0 aliphatic carbocycles. The number of amides is 1. The number of alkyl halides is 3. The standard InChI is InChI=1S/C17H17ClF3N3O2/c1-26-6-2-5-23-13-7-11(9-22-10-13)16(25)24-12-3-4-15(18)14(8-12)17(19,20)21/h3-4,7-10,23H,2,5-6H2,1H3,(H,24,25). The van der Waals surface area contributed by atoms with Crippen molar-refractivity contribution in [1.29, 1.82) is 0 Å². The predicted octanol–water partition coefficient (Wildman–Crippen LogP) is 4.45. The summed E-state index contributed by atoms with van der Waals surface area (Å²) in [6.45, 7) is 1.23. The summed E-state index contributed by atoms with van der Waals surface area (Å²) in [6, 6.07) is 4.75. The molecule has 140 valence electrons. The first-order chi connectivity index (χ1) is 12.3. The number of methoxy groups -OCH3 is 1. The van der Waals surface area contributed by atoms with Crippen molar-refractivity contribution in [3.05, 3.63) is 52.8 Å². The lowest BCUT2D eigenvalue weighted by Gasteiger charge is -2.12. The number of hydrogen-bond acceptors (Lipinski definition) is 4. The SMILES string of the molecule is COCCCNc1cncc(C(=O)Nc2ccc(Cl)c(C(F)(F)F)c2)c1. The highest BCUT2D eigenvalue weighted by Gasteiger charge is 2.33. The van der Waals surface area contributed by atoms with Crippen LogP contribution in [0.2, 0.25) is 5.02 Å². The molecule has 2 N–H and O–H groups in total. The lowest BCUT2D eigenvalue weighted by atomic mass is 10.1. The number of carbonyl (C=O) groups excluding carboxylic acids is 1. The van der Waals surface area contributed by atoms with Crippen LogP contribution in [0.15, 0.2) is 36.7 Å². The van der Waals surface area contributed by atoms with Crippen molar-refractivity contribution >= 4 is 28.9 Å². The molecule has 0 aliphatic rings. The molecule has 0 saturated heterocycles. The van der Waals surface area contributed by atoms with Crippen molar-refractivity contribution in [3.8, 4) is 0 Å². The van der Waals surface area contributed by atoms with Crippen molar-refractivity contribution < 1.29 is 22.7 Å². The van der Waals surface area contributed by atoms with Crippen LogP contribution < -0.4 is 10.6 Å². The lowest BCUT2D eigenvalue weighted by Crippen LogP contribution is -2.14. The van der Waals surface area contributed by atoms with Gasteiger partial charge < -0.3 is 15.4 Å². The summed E-state index contributed by atoms with van der Waals surface area (Å²) in [6.07, 6.45) is -0.951. The van der Waals surface area contributed by atoms with E-state index in [9.17, 15) is 18.0 Å². The van der Waals surface area contributed by atoms with Gasteiger partial charge in [-0.05, 0) is 30.7 Å². The van der Waals surface area contributed by atoms with Gasteiger partial charge in [-0.1, -0.05) is 11.6 Å². The van der Waals surface area contributed by atoms with Crippen molar-refractivity contribution in [3.63, 3.8) is 0 Å². The van der Waals surface area contributed by atoms with Crippen molar-refractivity contribution in [1.82, 2.24) is 4.98 Å². The predicted molar refractivity (Wildman–Crippen MR) is 93.6 cm³/mol. The normalized spacial score (nSPS) is 11.3. The van der Waals surface area contributed by atoms with E-state index in [0.717, 1.165) is 18.6 Å². The van der Waals surface area contributed by atoms with Crippen LogP contribution in [0.4, 0.5) is 24.5 Å². The highest BCUT2D eigenvalue weighted by atomic mass is 35.5. The highest BCUT2D eigenvalue weighted by Crippen LogP contribution is 2.36. The summed E-state index contributed by atoms with van der Waals surface area (Å²) < 4.78 is 43.6. The minimum atomic E-state index is -4.61. The molecule has 0 atom stereocenters. The van der Waals surface area contributed by atoms with Gasteiger partial charge in [0.1, 0.15) is 0 Å². The molecule has 9 heteroatoms. The summed E-state index contributed by atoms with van der Waals surface area (Å²) in [4.78, 5) is 16.2. The lowest BCUT2D eigenvalue weighted by molar-refractivity contribution is -0.137. The molecule has 0 unspecified atom stereocenters. The topological polar surface area (TPSA) is 63.2 Å². The van der Waals surface area contributed by atoms with Gasteiger partial charge in [0.05, 0.1) is 21.8 Å². The molecule has 1 aromatic carbocycles. The van der Waals surface area contributed by atoms with E-state index in [1.807, 2.05) is 0 Å². The van der Waals surface area contributed by atoms with Crippen LogP contribution in [0.3, 0.4) is 0 Å². The molecule has 1 aromatic heterocycles. The Bertz CT molecular complexity index is 769. The van der Waals surface area contributed by atoms with Crippen LogP contribution in [0.1, 0.15) is 22.3 Å². The van der Waals surface area contributed by atoms with Crippen LogP contribution in [-0.4, -0.2) is 31.2 Å². The molecule has 0 bridgehead atoms. The number of halogens is 4. The molecule has 1 amide bonds. The second-order valence-corrected chi connectivity index (χ2v) is 5.79. The van der Waals surface area contributed by atoms with E-state index in [2.05, 4.69) is 15.6 Å². The van der Waals surface area contributed by atoms with Crippen molar-refractivity contribution in [2.45, 2.75) is 12.6 Å². The number of aromatic nitrogens is 1. The summed E-state index contributed by atoms with van der Waals surface area (Å²) in [5, 5.41) is 5.07. The van der Waals surface area contributed by atoms with Crippen molar-refractivity contribution in [2.75, 3.05) is 30.9 Å². The van der Waals surface area contributed by atoms with Crippen LogP contribution in [0.25, 0.3) is 0 Å². The molecule has 2 aromatic rings. The maximum absolute atomic E-state index is 12.9. The number of carbonyl (C=O) groups is 1.